The molecule has 0 aliphatic rings. The fourth-order valence-corrected chi connectivity index (χ4v) is 4.67. The molecule has 0 aliphatic heterocycles. The highest BCUT2D eigenvalue weighted by atomic mass is 14.3. The first-order valence-corrected chi connectivity index (χ1v) is 10.9. The zero-order valence-corrected chi connectivity index (χ0v) is 18.6. The highest BCUT2D eigenvalue weighted by Crippen LogP contribution is 2.37. The second-order valence-corrected chi connectivity index (χ2v) is 9.42. The van der Waals surface area contributed by atoms with Gasteiger partial charge in [0.25, 0.3) is 0 Å². The standard InChI is InChI=1S/C27H40/c1-19(2)17-26(20(3)4)22(6)15-16-25(24-11-9-8-10-12-24)27-18-21(5)13-14-23(27)7/h8-14,18-20,22,25-26H,15-17H2,1-7H3. The van der Waals surface area contributed by atoms with Gasteiger partial charge in [-0.05, 0) is 73.5 Å². The minimum atomic E-state index is 0.500. The Morgan fingerprint density at radius 3 is 2.04 bits per heavy atom. The van der Waals surface area contributed by atoms with Gasteiger partial charge in [0.2, 0.25) is 0 Å². The Labute approximate surface area is 168 Å². The Bertz CT molecular complexity index is 680. The van der Waals surface area contributed by atoms with E-state index >= 15 is 0 Å². The lowest BCUT2D eigenvalue weighted by atomic mass is 9.75. The fraction of sp³-hybridized carbons (Fsp3) is 0.556. The Kier molecular flexibility index (Phi) is 8.14. The number of benzene rings is 2. The predicted octanol–water partition coefficient (Wildman–Crippen LogP) is 8.17. The van der Waals surface area contributed by atoms with Crippen molar-refractivity contribution in [2.75, 3.05) is 0 Å². The van der Waals surface area contributed by atoms with E-state index in [2.05, 4.69) is 97.0 Å². The third-order valence-corrected chi connectivity index (χ3v) is 6.25. The van der Waals surface area contributed by atoms with Gasteiger partial charge in [0.1, 0.15) is 0 Å². The van der Waals surface area contributed by atoms with Crippen LogP contribution in [-0.2, 0) is 0 Å². The van der Waals surface area contributed by atoms with E-state index in [0.29, 0.717) is 5.92 Å². The minimum Gasteiger partial charge on any atom is -0.0628 e. The van der Waals surface area contributed by atoms with E-state index in [0.717, 1.165) is 23.7 Å². The van der Waals surface area contributed by atoms with Crippen molar-refractivity contribution >= 4 is 0 Å². The first kappa shape index (κ1) is 21.7. The van der Waals surface area contributed by atoms with Gasteiger partial charge in [-0.1, -0.05) is 88.7 Å². The first-order chi connectivity index (χ1) is 12.8. The summed E-state index contributed by atoms with van der Waals surface area (Å²) in [7, 11) is 0. The molecule has 0 amide bonds. The maximum atomic E-state index is 2.48. The monoisotopic (exact) mass is 364 g/mol. The van der Waals surface area contributed by atoms with E-state index in [1.165, 1.54) is 41.5 Å². The molecule has 0 saturated carbocycles. The first-order valence-electron chi connectivity index (χ1n) is 10.9. The summed E-state index contributed by atoms with van der Waals surface area (Å²) in [5.41, 5.74) is 5.76. The number of rotatable bonds is 9. The second kappa shape index (κ2) is 10.1. The molecule has 3 atom stereocenters. The van der Waals surface area contributed by atoms with Gasteiger partial charge in [-0.3, -0.25) is 0 Å². The minimum absolute atomic E-state index is 0.500. The van der Waals surface area contributed by atoms with Crippen molar-refractivity contribution in [2.45, 2.75) is 73.6 Å². The molecule has 2 aromatic rings. The summed E-state index contributed by atoms with van der Waals surface area (Å²) in [5.74, 6) is 3.63. The van der Waals surface area contributed by atoms with Gasteiger partial charge >= 0.3 is 0 Å². The van der Waals surface area contributed by atoms with E-state index in [9.17, 15) is 0 Å². The number of aryl methyl sites for hydroxylation is 2. The SMILES string of the molecule is Cc1ccc(C)c(C(CCC(C)C(CC(C)C)C(C)C)c2ccccc2)c1. The Balaban J connectivity index is 2.24. The molecule has 0 spiro atoms. The fourth-order valence-electron chi connectivity index (χ4n) is 4.67. The summed E-state index contributed by atoms with van der Waals surface area (Å²) >= 11 is 0. The van der Waals surface area contributed by atoms with Crippen LogP contribution in [0.2, 0.25) is 0 Å². The molecule has 0 heterocycles. The molecule has 0 N–H and O–H groups in total. The highest BCUT2D eigenvalue weighted by molar-refractivity contribution is 5.39. The van der Waals surface area contributed by atoms with Crippen LogP contribution in [0.15, 0.2) is 48.5 Å². The van der Waals surface area contributed by atoms with E-state index in [1.807, 2.05) is 0 Å². The average molecular weight is 365 g/mol. The summed E-state index contributed by atoms with van der Waals surface area (Å²) < 4.78 is 0. The largest absolute Gasteiger partial charge is 0.0628 e. The van der Waals surface area contributed by atoms with Crippen LogP contribution < -0.4 is 0 Å². The number of hydrogen-bond acceptors (Lipinski definition) is 0. The maximum absolute atomic E-state index is 2.48. The molecule has 0 bridgehead atoms. The zero-order chi connectivity index (χ0) is 20.0. The van der Waals surface area contributed by atoms with E-state index in [1.54, 1.807) is 0 Å². The topological polar surface area (TPSA) is 0 Å². The van der Waals surface area contributed by atoms with E-state index in [-0.39, 0.29) is 0 Å². The molecular formula is C27H40. The van der Waals surface area contributed by atoms with Crippen LogP contribution in [-0.4, -0.2) is 0 Å². The molecule has 2 rings (SSSR count). The van der Waals surface area contributed by atoms with E-state index < -0.39 is 0 Å². The van der Waals surface area contributed by atoms with E-state index in [4.69, 9.17) is 0 Å². The predicted molar refractivity (Wildman–Crippen MR) is 120 cm³/mol. The van der Waals surface area contributed by atoms with Crippen LogP contribution in [0.4, 0.5) is 0 Å². The summed E-state index contributed by atoms with van der Waals surface area (Å²) in [4.78, 5) is 0. The summed E-state index contributed by atoms with van der Waals surface area (Å²) in [5, 5.41) is 0. The lowest BCUT2D eigenvalue weighted by Gasteiger charge is -2.31. The highest BCUT2D eigenvalue weighted by Gasteiger charge is 2.24. The summed E-state index contributed by atoms with van der Waals surface area (Å²) in [6.45, 7) is 16.5. The van der Waals surface area contributed by atoms with Gasteiger partial charge in [-0.25, -0.2) is 0 Å². The van der Waals surface area contributed by atoms with Crippen LogP contribution in [0.25, 0.3) is 0 Å². The average Bonchev–Trinajstić information content (AvgIpc) is 2.63. The molecule has 0 saturated heterocycles. The molecular weight excluding hydrogens is 324 g/mol. The van der Waals surface area contributed by atoms with Crippen LogP contribution >= 0.6 is 0 Å². The van der Waals surface area contributed by atoms with Crippen molar-refractivity contribution in [1.82, 2.24) is 0 Å². The van der Waals surface area contributed by atoms with Crippen molar-refractivity contribution in [3.63, 3.8) is 0 Å². The Morgan fingerprint density at radius 2 is 1.44 bits per heavy atom. The van der Waals surface area contributed by atoms with Gasteiger partial charge in [0, 0.05) is 5.92 Å². The van der Waals surface area contributed by atoms with Crippen molar-refractivity contribution in [3.05, 3.63) is 70.8 Å². The van der Waals surface area contributed by atoms with Crippen molar-refractivity contribution in [3.8, 4) is 0 Å². The third-order valence-electron chi connectivity index (χ3n) is 6.25. The summed E-state index contributed by atoms with van der Waals surface area (Å²) in [6, 6.07) is 18.1. The molecule has 0 fully saturated rings. The van der Waals surface area contributed by atoms with Gasteiger partial charge in [-0.15, -0.1) is 0 Å². The summed E-state index contributed by atoms with van der Waals surface area (Å²) in [6.07, 6.45) is 3.87. The molecule has 0 heteroatoms. The molecule has 0 nitrogen and oxygen atoms in total. The lowest BCUT2D eigenvalue weighted by molar-refractivity contribution is 0.213. The third kappa shape index (κ3) is 6.23. The van der Waals surface area contributed by atoms with Gasteiger partial charge in [-0.2, -0.15) is 0 Å². The van der Waals surface area contributed by atoms with Crippen LogP contribution in [0.5, 0.6) is 0 Å². The Morgan fingerprint density at radius 1 is 0.778 bits per heavy atom. The van der Waals surface area contributed by atoms with Gasteiger partial charge in [0.05, 0.1) is 0 Å². The molecule has 0 aliphatic carbocycles. The molecule has 2 aromatic carbocycles. The van der Waals surface area contributed by atoms with Gasteiger partial charge in [0.15, 0.2) is 0 Å². The lowest BCUT2D eigenvalue weighted by Crippen LogP contribution is -2.21. The molecule has 0 aromatic heterocycles. The number of hydrogen-bond donors (Lipinski definition) is 0. The smallest absolute Gasteiger partial charge is 0.00921 e. The second-order valence-electron chi connectivity index (χ2n) is 9.42. The van der Waals surface area contributed by atoms with Crippen molar-refractivity contribution < 1.29 is 0 Å². The maximum Gasteiger partial charge on any atom is 0.00921 e. The quantitative estimate of drug-likeness (QED) is 0.421. The van der Waals surface area contributed by atoms with Crippen molar-refractivity contribution in [2.24, 2.45) is 23.7 Å². The zero-order valence-electron chi connectivity index (χ0n) is 18.6. The Hall–Kier alpha value is -1.56. The molecule has 27 heavy (non-hydrogen) atoms. The normalized spacial score (nSPS) is 15.1. The van der Waals surface area contributed by atoms with Crippen molar-refractivity contribution in [1.29, 1.82) is 0 Å². The molecule has 148 valence electrons. The molecule has 0 radical (unpaired) electrons. The molecule has 3 unspecified atom stereocenters. The van der Waals surface area contributed by atoms with Crippen LogP contribution in [0, 0.1) is 37.5 Å². The van der Waals surface area contributed by atoms with Crippen LogP contribution in [0.1, 0.15) is 82.1 Å². The van der Waals surface area contributed by atoms with Crippen LogP contribution in [0.3, 0.4) is 0 Å². The van der Waals surface area contributed by atoms with Gasteiger partial charge < -0.3 is 0 Å².